The Morgan fingerprint density at radius 3 is 2.00 bits per heavy atom. The van der Waals surface area contributed by atoms with Crippen LogP contribution in [0.25, 0.3) is 0 Å². The summed E-state index contributed by atoms with van der Waals surface area (Å²) in [5.41, 5.74) is -0.0250. The molecule has 3 nitrogen and oxygen atoms in total. The molecule has 0 aliphatic heterocycles. The fourth-order valence-electron chi connectivity index (χ4n) is 0.477. The summed E-state index contributed by atoms with van der Waals surface area (Å²) in [7, 11) is -4.01. The van der Waals surface area contributed by atoms with Gasteiger partial charge in [-0.1, -0.05) is 20.8 Å². The lowest BCUT2D eigenvalue weighted by atomic mass is 9.94. The van der Waals surface area contributed by atoms with Gasteiger partial charge in [0.15, 0.2) is 0 Å². The van der Waals surface area contributed by atoms with Crippen molar-refractivity contribution in [1.82, 2.24) is 0 Å². The van der Waals surface area contributed by atoms with Crippen molar-refractivity contribution in [3.63, 3.8) is 0 Å². The molecule has 0 aromatic carbocycles. The van der Waals surface area contributed by atoms with E-state index in [0.29, 0.717) is 6.42 Å². The highest BCUT2D eigenvalue weighted by atomic mass is 31.2. The van der Waals surface area contributed by atoms with Gasteiger partial charge >= 0.3 is 0 Å². The molecule has 0 amide bonds. The van der Waals surface area contributed by atoms with Crippen LogP contribution in [0.4, 0.5) is 0 Å². The molecule has 1 unspecified atom stereocenters. The lowest BCUT2D eigenvalue weighted by Gasteiger charge is -2.22. The average Bonchev–Trinajstić information content (AvgIpc) is 1.57. The van der Waals surface area contributed by atoms with Crippen LogP contribution in [0.15, 0.2) is 0 Å². The standard InChI is InChI=1S/C6H15O3P/c1-6(2,3)4-5-10(7,8)9/h4-5H2,1-3H3,(H2,7,8,9)/p-1. The zero-order chi connectivity index (χ0) is 8.41. The van der Waals surface area contributed by atoms with Gasteiger partial charge in [0.1, 0.15) is 7.60 Å². The van der Waals surface area contributed by atoms with Crippen LogP contribution in [0.2, 0.25) is 0 Å². The van der Waals surface area contributed by atoms with Crippen LogP contribution >= 0.6 is 7.60 Å². The van der Waals surface area contributed by atoms with E-state index in [1.165, 1.54) is 0 Å². The molecular weight excluding hydrogens is 151 g/mol. The zero-order valence-corrected chi connectivity index (χ0v) is 7.52. The van der Waals surface area contributed by atoms with Gasteiger partial charge in [-0.2, -0.15) is 0 Å². The number of rotatable bonds is 2. The van der Waals surface area contributed by atoms with Crippen molar-refractivity contribution in [3.05, 3.63) is 0 Å². The van der Waals surface area contributed by atoms with Gasteiger partial charge in [0.2, 0.25) is 0 Å². The summed E-state index contributed by atoms with van der Waals surface area (Å²) < 4.78 is 10.3. The van der Waals surface area contributed by atoms with E-state index in [1.807, 2.05) is 20.8 Å². The monoisotopic (exact) mass is 165 g/mol. The normalized spacial score (nSPS) is 18.5. The van der Waals surface area contributed by atoms with Gasteiger partial charge in [0.25, 0.3) is 0 Å². The van der Waals surface area contributed by atoms with Crippen molar-refractivity contribution in [2.24, 2.45) is 5.41 Å². The second kappa shape index (κ2) is 3.04. The minimum Gasteiger partial charge on any atom is -0.779 e. The predicted octanol–water partition coefficient (Wildman–Crippen LogP) is 0.968. The summed E-state index contributed by atoms with van der Waals surface area (Å²) in [4.78, 5) is 18.6. The molecule has 1 N–H and O–H groups in total. The van der Waals surface area contributed by atoms with Gasteiger partial charge in [0, 0.05) is 6.16 Å². The maximum atomic E-state index is 10.3. The maximum absolute atomic E-state index is 10.3. The largest absolute Gasteiger partial charge is 0.779 e. The Labute approximate surface area is 61.6 Å². The minimum absolute atomic E-state index is 0.0250. The first-order valence-corrected chi connectivity index (χ1v) is 5.00. The molecule has 0 saturated heterocycles. The van der Waals surface area contributed by atoms with Crippen LogP contribution in [-0.2, 0) is 4.57 Å². The van der Waals surface area contributed by atoms with E-state index in [2.05, 4.69) is 0 Å². The molecule has 0 saturated carbocycles. The molecule has 1 atom stereocenters. The van der Waals surface area contributed by atoms with Gasteiger partial charge in [-0.15, -0.1) is 0 Å². The SMILES string of the molecule is CC(C)(C)CCP(=O)([O-])O. The van der Waals surface area contributed by atoms with Gasteiger partial charge in [-0.3, -0.25) is 0 Å². The second-order valence-electron chi connectivity index (χ2n) is 3.67. The molecule has 10 heavy (non-hydrogen) atoms. The van der Waals surface area contributed by atoms with E-state index in [0.717, 1.165) is 0 Å². The van der Waals surface area contributed by atoms with Gasteiger partial charge in [-0.05, 0) is 11.8 Å². The zero-order valence-electron chi connectivity index (χ0n) is 6.63. The highest BCUT2D eigenvalue weighted by molar-refractivity contribution is 7.50. The Morgan fingerprint density at radius 1 is 1.50 bits per heavy atom. The van der Waals surface area contributed by atoms with Crippen molar-refractivity contribution in [3.8, 4) is 0 Å². The molecule has 0 radical (unpaired) electrons. The summed E-state index contributed by atoms with van der Waals surface area (Å²) in [5, 5.41) is 0. The molecule has 0 heterocycles. The predicted molar refractivity (Wildman–Crippen MR) is 38.8 cm³/mol. The maximum Gasteiger partial charge on any atom is 0.132 e. The van der Waals surface area contributed by atoms with E-state index in [9.17, 15) is 9.46 Å². The van der Waals surface area contributed by atoms with E-state index >= 15 is 0 Å². The average molecular weight is 165 g/mol. The second-order valence-corrected chi connectivity index (χ2v) is 5.39. The Morgan fingerprint density at radius 2 is 1.90 bits per heavy atom. The first-order chi connectivity index (χ1) is 4.21. The quantitative estimate of drug-likeness (QED) is 0.620. The fraction of sp³-hybridized carbons (Fsp3) is 1.00. The van der Waals surface area contributed by atoms with Crippen LogP contribution < -0.4 is 4.89 Å². The van der Waals surface area contributed by atoms with Crippen molar-refractivity contribution < 1.29 is 14.4 Å². The third-order valence-electron chi connectivity index (χ3n) is 1.14. The molecule has 0 bridgehead atoms. The molecule has 0 aromatic rings. The molecule has 0 aliphatic carbocycles. The number of hydrogen-bond donors (Lipinski definition) is 1. The minimum atomic E-state index is -4.01. The Kier molecular flexibility index (Phi) is 3.08. The van der Waals surface area contributed by atoms with E-state index in [-0.39, 0.29) is 11.6 Å². The van der Waals surface area contributed by atoms with Crippen molar-refractivity contribution in [2.75, 3.05) is 6.16 Å². The lowest BCUT2D eigenvalue weighted by molar-refractivity contribution is -0.193. The third kappa shape index (κ3) is 8.15. The molecule has 0 aromatic heterocycles. The van der Waals surface area contributed by atoms with Crippen LogP contribution in [0.5, 0.6) is 0 Å². The highest BCUT2D eigenvalue weighted by Gasteiger charge is 2.12. The Bertz CT molecular complexity index is 142. The molecular formula is C6H14O3P-. The van der Waals surface area contributed by atoms with Crippen LogP contribution in [0.1, 0.15) is 27.2 Å². The van der Waals surface area contributed by atoms with Crippen LogP contribution in [0.3, 0.4) is 0 Å². The smallest absolute Gasteiger partial charge is 0.132 e. The molecule has 0 fully saturated rings. The number of hydrogen-bond acceptors (Lipinski definition) is 2. The first kappa shape index (κ1) is 10.2. The Balaban J connectivity index is 3.67. The highest BCUT2D eigenvalue weighted by Crippen LogP contribution is 2.34. The summed E-state index contributed by atoms with van der Waals surface area (Å²) >= 11 is 0. The van der Waals surface area contributed by atoms with E-state index in [1.54, 1.807) is 0 Å². The first-order valence-electron chi connectivity index (χ1n) is 3.23. The Hall–Kier alpha value is 0.150. The van der Waals surface area contributed by atoms with Gasteiger partial charge < -0.3 is 14.4 Å². The summed E-state index contributed by atoms with van der Waals surface area (Å²) in [6.45, 7) is 5.80. The van der Waals surface area contributed by atoms with Crippen molar-refractivity contribution >= 4 is 7.60 Å². The van der Waals surface area contributed by atoms with Crippen LogP contribution in [0, 0.1) is 5.41 Å². The fourth-order valence-corrected chi connectivity index (χ4v) is 1.43. The van der Waals surface area contributed by atoms with Crippen LogP contribution in [-0.4, -0.2) is 11.1 Å². The summed E-state index contributed by atoms with van der Waals surface area (Å²) in [5.74, 6) is 0. The summed E-state index contributed by atoms with van der Waals surface area (Å²) in [6, 6.07) is 0. The van der Waals surface area contributed by atoms with E-state index in [4.69, 9.17) is 4.89 Å². The molecule has 4 heteroatoms. The van der Waals surface area contributed by atoms with E-state index < -0.39 is 7.60 Å². The molecule has 0 aliphatic rings. The topological polar surface area (TPSA) is 60.4 Å². The molecule has 0 spiro atoms. The lowest BCUT2D eigenvalue weighted by Crippen LogP contribution is -2.12. The molecule has 62 valence electrons. The van der Waals surface area contributed by atoms with Crippen molar-refractivity contribution in [2.45, 2.75) is 27.2 Å². The summed E-state index contributed by atoms with van der Waals surface area (Å²) in [6.07, 6.45) is 0.390. The van der Waals surface area contributed by atoms with Gasteiger partial charge in [0.05, 0.1) is 0 Å². The van der Waals surface area contributed by atoms with Gasteiger partial charge in [-0.25, -0.2) is 0 Å². The third-order valence-corrected chi connectivity index (χ3v) is 1.93. The molecule has 0 rings (SSSR count). The van der Waals surface area contributed by atoms with Crippen molar-refractivity contribution in [1.29, 1.82) is 0 Å².